The summed E-state index contributed by atoms with van der Waals surface area (Å²) in [5.74, 6) is 2.76. The molecule has 0 heterocycles. The smallest absolute Gasteiger partial charge is 0.203 e. The number of fused-ring (bicyclic) bond motifs is 8. The lowest BCUT2D eigenvalue weighted by atomic mass is 9.85. The molecule has 0 aromatic heterocycles. The summed E-state index contributed by atoms with van der Waals surface area (Å²) in [4.78, 5) is 0. The predicted molar refractivity (Wildman–Crippen MR) is 196 cm³/mol. The number of benzene rings is 4. The van der Waals surface area contributed by atoms with Crippen LogP contribution in [-0.2, 0) is 25.7 Å². The standard InChI is InChI=1S/2C21H24O4/c1-24-20-15-11-14(19(23)21(20)25-2)6-4-3-5-12-7-8-13-9-10-16(22)18(15)17(12)13;1-24-20-17-13-15(19(23)21(20)25-2)9-7-5-3-4-6-8-14-10-11-18(22)16(17)12-14/h9-12,22-23H,3-8H2,1-2H3;4,6,10-13,22-23H,3,5,7-9H2,1-2H3/b;6-4-. The molecule has 0 aliphatic heterocycles. The number of phenolic OH excluding ortho intramolecular Hbond substituents is 4. The van der Waals surface area contributed by atoms with Gasteiger partial charge in [0.05, 0.1) is 28.4 Å². The Morgan fingerprint density at radius 2 is 1.16 bits per heavy atom. The summed E-state index contributed by atoms with van der Waals surface area (Å²) in [7, 11) is 6.16. The first kappa shape index (κ1) is 34.9. The van der Waals surface area contributed by atoms with E-state index in [4.69, 9.17) is 18.9 Å². The Morgan fingerprint density at radius 3 is 1.84 bits per heavy atom. The Bertz CT molecular complexity index is 1890. The highest BCUT2D eigenvalue weighted by atomic mass is 16.5. The maximum absolute atomic E-state index is 10.7. The van der Waals surface area contributed by atoms with Crippen molar-refractivity contribution >= 4 is 0 Å². The van der Waals surface area contributed by atoms with Crippen molar-refractivity contribution in [2.75, 3.05) is 28.4 Å². The molecular formula is C42H48O8. The zero-order valence-corrected chi connectivity index (χ0v) is 29.5. The minimum atomic E-state index is 0.115. The lowest BCUT2D eigenvalue weighted by Gasteiger charge is -2.23. The average molecular weight is 681 g/mol. The van der Waals surface area contributed by atoms with Crippen LogP contribution in [0.15, 0.2) is 54.6 Å². The SMILES string of the molecule is COc1c2cc(c(O)c1OC)CCCC/C=C\Cc1ccc(O)c-2c1.COc1c2cc(c(O)c1OC)CCCCC1CCc3ccc(O)c-2c31. The van der Waals surface area contributed by atoms with Gasteiger partial charge in [0, 0.05) is 22.3 Å². The van der Waals surface area contributed by atoms with E-state index in [0.717, 1.165) is 104 Å². The summed E-state index contributed by atoms with van der Waals surface area (Å²) in [6, 6.07) is 13.3. The number of aryl methyl sites for hydroxylation is 3. The Balaban J connectivity index is 0.000000173. The Kier molecular flexibility index (Phi) is 10.7. The third kappa shape index (κ3) is 6.63. The van der Waals surface area contributed by atoms with Gasteiger partial charge in [0.1, 0.15) is 11.5 Å². The first-order valence-electron chi connectivity index (χ1n) is 17.6. The van der Waals surface area contributed by atoms with E-state index < -0.39 is 0 Å². The number of ether oxygens (including phenoxy) is 4. The van der Waals surface area contributed by atoms with Gasteiger partial charge in [0.15, 0.2) is 23.0 Å². The van der Waals surface area contributed by atoms with Gasteiger partial charge < -0.3 is 39.4 Å². The molecule has 0 saturated carbocycles. The monoisotopic (exact) mass is 680 g/mol. The van der Waals surface area contributed by atoms with Crippen molar-refractivity contribution in [3.63, 3.8) is 0 Å². The van der Waals surface area contributed by atoms with Crippen LogP contribution in [0.1, 0.15) is 78.7 Å². The maximum atomic E-state index is 10.7. The molecule has 4 aromatic carbocycles. The van der Waals surface area contributed by atoms with Crippen LogP contribution in [-0.4, -0.2) is 48.9 Å². The normalized spacial score (nSPS) is 17.0. The van der Waals surface area contributed by atoms with Crippen LogP contribution >= 0.6 is 0 Å². The van der Waals surface area contributed by atoms with Crippen LogP contribution in [0, 0.1) is 0 Å². The van der Waals surface area contributed by atoms with E-state index >= 15 is 0 Å². The molecule has 264 valence electrons. The zero-order chi connectivity index (χ0) is 35.4. The third-order valence-electron chi connectivity index (χ3n) is 10.3. The van der Waals surface area contributed by atoms with E-state index in [1.165, 1.54) is 32.5 Å². The topological polar surface area (TPSA) is 118 Å². The van der Waals surface area contributed by atoms with Crippen LogP contribution in [0.25, 0.3) is 22.3 Å². The number of allylic oxidation sites excluding steroid dienone is 2. The predicted octanol–water partition coefficient (Wildman–Crippen LogP) is 9.15. The van der Waals surface area contributed by atoms with E-state index in [1.54, 1.807) is 19.2 Å². The number of hydrogen-bond acceptors (Lipinski definition) is 8. The van der Waals surface area contributed by atoms with E-state index in [1.807, 2.05) is 30.3 Å². The molecule has 1 unspecified atom stereocenters. The fourth-order valence-electron chi connectivity index (χ4n) is 7.85. The fourth-order valence-corrected chi connectivity index (χ4v) is 7.85. The summed E-state index contributed by atoms with van der Waals surface area (Å²) in [5, 5.41) is 42.3. The number of hydrogen-bond donors (Lipinski definition) is 4. The van der Waals surface area contributed by atoms with Gasteiger partial charge in [0.2, 0.25) is 11.5 Å². The Morgan fingerprint density at radius 1 is 0.540 bits per heavy atom. The second-order valence-corrected chi connectivity index (χ2v) is 13.3. The number of rotatable bonds is 4. The van der Waals surface area contributed by atoms with Crippen molar-refractivity contribution in [1.82, 2.24) is 0 Å². The highest BCUT2D eigenvalue weighted by Gasteiger charge is 2.32. The van der Waals surface area contributed by atoms with Crippen molar-refractivity contribution in [1.29, 1.82) is 0 Å². The second kappa shape index (κ2) is 15.3. The lowest BCUT2D eigenvalue weighted by molar-refractivity contribution is 0.331. The molecule has 8 heteroatoms. The van der Waals surface area contributed by atoms with E-state index in [-0.39, 0.29) is 23.0 Å². The molecule has 3 aliphatic carbocycles. The molecule has 4 aromatic rings. The zero-order valence-electron chi connectivity index (χ0n) is 29.5. The molecule has 0 amide bonds. The summed E-state index contributed by atoms with van der Waals surface area (Å²) >= 11 is 0. The van der Waals surface area contributed by atoms with Gasteiger partial charge in [-0.25, -0.2) is 0 Å². The molecule has 8 nitrogen and oxygen atoms in total. The summed E-state index contributed by atoms with van der Waals surface area (Å²) < 4.78 is 22.0. The molecular weight excluding hydrogens is 632 g/mol. The van der Waals surface area contributed by atoms with Gasteiger partial charge in [-0.2, -0.15) is 0 Å². The van der Waals surface area contributed by atoms with Crippen LogP contribution in [0.2, 0.25) is 0 Å². The van der Waals surface area contributed by atoms with Crippen molar-refractivity contribution in [2.45, 2.75) is 76.5 Å². The molecule has 1 atom stereocenters. The van der Waals surface area contributed by atoms with Crippen molar-refractivity contribution in [2.24, 2.45) is 0 Å². The fraction of sp³-hybridized carbons (Fsp3) is 0.381. The second-order valence-electron chi connectivity index (χ2n) is 13.3. The maximum Gasteiger partial charge on any atom is 0.203 e. The molecule has 50 heavy (non-hydrogen) atoms. The van der Waals surface area contributed by atoms with Crippen LogP contribution in [0.3, 0.4) is 0 Å². The van der Waals surface area contributed by atoms with Gasteiger partial charge in [-0.15, -0.1) is 0 Å². The lowest BCUT2D eigenvalue weighted by Crippen LogP contribution is -2.04. The minimum Gasteiger partial charge on any atom is -0.507 e. The van der Waals surface area contributed by atoms with Gasteiger partial charge in [-0.05, 0) is 128 Å². The van der Waals surface area contributed by atoms with Gasteiger partial charge in [-0.3, -0.25) is 0 Å². The average Bonchev–Trinajstić information content (AvgIpc) is 3.54. The molecule has 0 fully saturated rings. The number of phenols is 4. The molecule has 0 radical (unpaired) electrons. The first-order chi connectivity index (χ1) is 24.3. The molecule has 3 aliphatic rings. The van der Waals surface area contributed by atoms with E-state index in [9.17, 15) is 20.4 Å². The van der Waals surface area contributed by atoms with Crippen LogP contribution in [0.4, 0.5) is 0 Å². The third-order valence-corrected chi connectivity index (χ3v) is 10.3. The van der Waals surface area contributed by atoms with E-state index in [2.05, 4.69) is 12.2 Å². The summed E-state index contributed by atoms with van der Waals surface area (Å²) in [6.07, 6.45) is 15.2. The highest BCUT2D eigenvalue weighted by Crippen LogP contribution is 2.54. The van der Waals surface area contributed by atoms with Crippen LogP contribution in [0.5, 0.6) is 46.0 Å². The van der Waals surface area contributed by atoms with Crippen molar-refractivity contribution < 1.29 is 39.4 Å². The molecule has 4 N–H and O–H groups in total. The largest absolute Gasteiger partial charge is 0.507 e. The van der Waals surface area contributed by atoms with Crippen molar-refractivity contribution in [3.8, 4) is 68.2 Å². The van der Waals surface area contributed by atoms with Crippen LogP contribution < -0.4 is 18.9 Å². The van der Waals surface area contributed by atoms with Gasteiger partial charge >= 0.3 is 0 Å². The Hall–Kier alpha value is -4.98. The molecule has 0 saturated heterocycles. The number of methoxy groups -OCH3 is 4. The number of aromatic hydroxyl groups is 4. The van der Waals surface area contributed by atoms with Gasteiger partial charge in [0.25, 0.3) is 0 Å². The van der Waals surface area contributed by atoms with E-state index in [0.29, 0.717) is 34.5 Å². The molecule has 7 rings (SSSR count). The molecule has 6 bridgehead atoms. The van der Waals surface area contributed by atoms with Crippen molar-refractivity contribution in [3.05, 3.63) is 82.4 Å². The quantitative estimate of drug-likeness (QED) is 0.158. The highest BCUT2D eigenvalue weighted by molar-refractivity contribution is 5.85. The Labute approximate surface area is 294 Å². The summed E-state index contributed by atoms with van der Waals surface area (Å²) in [6.45, 7) is 0. The minimum absolute atomic E-state index is 0.115. The summed E-state index contributed by atoms with van der Waals surface area (Å²) in [5.41, 5.74) is 8.40. The van der Waals surface area contributed by atoms with Gasteiger partial charge in [-0.1, -0.05) is 30.7 Å². The first-order valence-corrected chi connectivity index (χ1v) is 17.6. The molecule has 0 spiro atoms.